The van der Waals surface area contributed by atoms with E-state index in [0.29, 0.717) is 18.2 Å². The molecule has 2 heterocycles. The Morgan fingerprint density at radius 3 is 2.83 bits per heavy atom. The van der Waals surface area contributed by atoms with Gasteiger partial charge in [-0.05, 0) is 42.3 Å². The first kappa shape index (κ1) is 15.8. The van der Waals surface area contributed by atoms with E-state index >= 15 is 0 Å². The summed E-state index contributed by atoms with van der Waals surface area (Å²) in [5, 5.41) is 15.3. The highest BCUT2D eigenvalue weighted by atomic mass is 32.1. The predicted octanol–water partition coefficient (Wildman–Crippen LogP) is 3.52. The molecule has 5 heteroatoms. The number of fused-ring (bicyclic) bond motifs is 1. The molecule has 1 aromatic carbocycles. The van der Waals surface area contributed by atoms with Crippen LogP contribution in [0, 0.1) is 0 Å². The maximum atomic E-state index is 12.3. The zero-order chi connectivity index (χ0) is 16.1. The molecule has 0 aliphatic rings. The Hall–Kier alpha value is -2.11. The van der Waals surface area contributed by atoms with Crippen LogP contribution in [-0.2, 0) is 0 Å². The third kappa shape index (κ3) is 3.81. The van der Waals surface area contributed by atoms with Crippen molar-refractivity contribution in [3.05, 3.63) is 58.4 Å². The molecular weight excluding hydrogens is 308 g/mol. The van der Waals surface area contributed by atoms with E-state index in [1.54, 1.807) is 11.3 Å². The number of H-pyrrole nitrogens is 1. The number of aliphatic hydroxyl groups excluding tert-OH is 1. The highest BCUT2D eigenvalue weighted by Crippen LogP contribution is 2.26. The molecule has 2 aromatic heterocycles. The monoisotopic (exact) mass is 328 g/mol. The van der Waals surface area contributed by atoms with Crippen molar-refractivity contribution >= 4 is 28.1 Å². The SMILES string of the molecule is O=C(NCC[C@@H](CCO)c1cccs1)c1cc2ccccc2[nH]1. The summed E-state index contributed by atoms with van der Waals surface area (Å²) in [6.07, 6.45) is 1.55. The molecule has 0 spiro atoms. The van der Waals surface area contributed by atoms with Gasteiger partial charge in [0.25, 0.3) is 5.91 Å². The van der Waals surface area contributed by atoms with Gasteiger partial charge in [-0.1, -0.05) is 24.3 Å². The Morgan fingerprint density at radius 2 is 2.09 bits per heavy atom. The molecule has 1 atom stereocenters. The first-order valence-corrected chi connectivity index (χ1v) is 8.66. The van der Waals surface area contributed by atoms with Gasteiger partial charge in [0, 0.05) is 28.9 Å². The second kappa shape index (κ2) is 7.44. The highest BCUT2D eigenvalue weighted by Gasteiger charge is 2.14. The van der Waals surface area contributed by atoms with Gasteiger partial charge in [-0.25, -0.2) is 0 Å². The van der Waals surface area contributed by atoms with Gasteiger partial charge in [0.1, 0.15) is 5.69 Å². The lowest BCUT2D eigenvalue weighted by Crippen LogP contribution is -2.26. The molecular formula is C18H20N2O2S. The van der Waals surface area contributed by atoms with Gasteiger partial charge >= 0.3 is 0 Å². The number of rotatable bonds is 7. The molecule has 0 aliphatic heterocycles. The van der Waals surface area contributed by atoms with Crippen LogP contribution in [0.15, 0.2) is 47.8 Å². The standard InChI is InChI=1S/C18H20N2O2S/c21-10-8-13(17-6-3-11-23-17)7-9-19-18(22)16-12-14-4-1-2-5-15(14)20-16/h1-6,11-13,20-21H,7-10H2,(H,19,22)/t13-/m0/s1. The summed E-state index contributed by atoms with van der Waals surface area (Å²) in [6, 6.07) is 13.8. The summed E-state index contributed by atoms with van der Waals surface area (Å²) in [5.41, 5.74) is 1.55. The van der Waals surface area contributed by atoms with Crippen LogP contribution in [0.25, 0.3) is 10.9 Å². The molecule has 1 amide bonds. The van der Waals surface area contributed by atoms with Crippen LogP contribution in [0.5, 0.6) is 0 Å². The number of nitrogens with one attached hydrogen (secondary N) is 2. The van der Waals surface area contributed by atoms with Crippen molar-refractivity contribution in [3.8, 4) is 0 Å². The lowest BCUT2D eigenvalue weighted by atomic mass is 10.00. The van der Waals surface area contributed by atoms with Gasteiger partial charge in [-0.15, -0.1) is 11.3 Å². The zero-order valence-electron chi connectivity index (χ0n) is 12.8. The number of aliphatic hydroxyl groups is 1. The van der Waals surface area contributed by atoms with E-state index in [1.807, 2.05) is 41.8 Å². The Balaban J connectivity index is 1.57. The van der Waals surface area contributed by atoms with E-state index in [2.05, 4.69) is 16.4 Å². The molecule has 0 unspecified atom stereocenters. The maximum Gasteiger partial charge on any atom is 0.267 e. The summed E-state index contributed by atoms with van der Waals surface area (Å²) in [4.78, 5) is 16.7. The molecule has 3 aromatic rings. The molecule has 0 aliphatic carbocycles. The minimum atomic E-state index is -0.0878. The first-order valence-electron chi connectivity index (χ1n) is 7.78. The van der Waals surface area contributed by atoms with Crippen LogP contribution in [0.4, 0.5) is 0 Å². The summed E-state index contributed by atoms with van der Waals surface area (Å²) in [7, 11) is 0. The van der Waals surface area contributed by atoms with Crippen molar-refractivity contribution in [1.82, 2.24) is 10.3 Å². The fourth-order valence-electron chi connectivity index (χ4n) is 2.76. The summed E-state index contributed by atoms with van der Waals surface area (Å²) >= 11 is 1.70. The topological polar surface area (TPSA) is 65.1 Å². The minimum absolute atomic E-state index is 0.0878. The zero-order valence-corrected chi connectivity index (χ0v) is 13.6. The van der Waals surface area contributed by atoms with Crippen molar-refractivity contribution in [3.63, 3.8) is 0 Å². The number of aromatic nitrogens is 1. The van der Waals surface area contributed by atoms with Crippen LogP contribution in [0.3, 0.4) is 0 Å². The summed E-state index contributed by atoms with van der Waals surface area (Å²) in [5.74, 6) is 0.207. The van der Waals surface area contributed by atoms with Crippen LogP contribution >= 0.6 is 11.3 Å². The smallest absolute Gasteiger partial charge is 0.267 e. The number of aromatic amines is 1. The molecule has 0 radical (unpaired) electrons. The van der Waals surface area contributed by atoms with Crippen molar-refractivity contribution in [2.45, 2.75) is 18.8 Å². The van der Waals surface area contributed by atoms with Crippen LogP contribution in [-0.4, -0.2) is 29.1 Å². The van der Waals surface area contributed by atoms with E-state index in [1.165, 1.54) is 4.88 Å². The van der Waals surface area contributed by atoms with Gasteiger partial charge in [0.15, 0.2) is 0 Å². The molecule has 0 saturated carbocycles. The minimum Gasteiger partial charge on any atom is -0.396 e. The second-order valence-electron chi connectivity index (χ2n) is 5.54. The molecule has 0 fully saturated rings. The van der Waals surface area contributed by atoms with E-state index in [-0.39, 0.29) is 12.5 Å². The van der Waals surface area contributed by atoms with Crippen molar-refractivity contribution in [2.24, 2.45) is 0 Å². The Kier molecular flexibility index (Phi) is 5.10. The van der Waals surface area contributed by atoms with Crippen LogP contribution in [0.1, 0.15) is 34.1 Å². The number of amides is 1. The normalized spacial score (nSPS) is 12.4. The van der Waals surface area contributed by atoms with Gasteiger partial charge in [0.2, 0.25) is 0 Å². The second-order valence-corrected chi connectivity index (χ2v) is 6.52. The van der Waals surface area contributed by atoms with E-state index in [0.717, 1.165) is 23.7 Å². The lowest BCUT2D eigenvalue weighted by molar-refractivity contribution is 0.0948. The maximum absolute atomic E-state index is 12.3. The molecule has 23 heavy (non-hydrogen) atoms. The predicted molar refractivity (Wildman–Crippen MR) is 94.0 cm³/mol. The highest BCUT2D eigenvalue weighted by molar-refractivity contribution is 7.10. The first-order chi connectivity index (χ1) is 11.3. The fraction of sp³-hybridized carbons (Fsp3) is 0.278. The largest absolute Gasteiger partial charge is 0.396 e. The number of hydrogen-bond acceptors (Lipinski definition) is 3. The fourth-order valence-corrected chi connectivity index (χ4v) is 3.66. The van der Waals surface area contributed by atoms with Crippen LogP contribution < -0.4 is 5.32 Å². The van der Waals surface area contributed by atoms with Gasteiger partial charge in [-0.3, -0.25) is 4.79 Å². The third-order valence-corrected chi connectivity index (χ3v) is 5.01. The quantitative estimate of drug-likeness (QED) is 0.621. The average Bonchev–Trinajstić information content (AvgIpc) is 3.23. The number of benzene rings is 1. The summed E-state index contributed by atoms with van der Waals surface area (Å²) in [6.45, 7) is 0.759. The lowest BCUT2D eigenvalue weighted by Gasteiger charge is -2.14. The van der Waals surface area contributed by atoms with Gasteiger partial charge in [0.05, 0.1) is 0 Å². The number of carbonyl (C=O) groups is 1. The Bertz CT molecular complexity index is 731. The van der Waals surface area contributed by atoms with Gasteiger partial charge in [-0.2, -0.15) is 0 Å². The van der Waals surface area contributed by atoms with E-state index < -0.39 is 0 Å². The molecule has 3 N–H and O–H groups in total. The number of hydrogen-bond donors (Lipinski definition) is 3. The molecule has 0 bridgehead atoms. The van der Waals surface area contributed by atoms with Crippen LogP contribution in [0.2, 0.25) is 0 Å². The Morgan fingerprint density at radius 1 is 1.22 bits per heavy atom. The molecule has 4 nitrogen and oxygen atoms in total. The average molecular weight is 328 g/mol. The molecule has 120 valence electrons. The van der Waals surface area contributed by atoms with Gasteiger partial charge < -0.3 is 15.4 Å². The molecule has 3 rings (SSSR count). The van der Waals surface area contributed by atoms with Crippen molar-refractivity contribution in [2.75, 3.05) is 13.2 Å². The third-order valence-electron chi connectivity index (χ3n) is 3.98. The summed E-state index contributed by atoms with van der Waals surface area (Å²) < 4.78 is 0. The number of para-hydroxylation sites is 1. The van der Waals surface area contributed by atoms with Crippen molar-refractivity contribution in [1.29, 1.82) is 0 Å². The van der Waals surface area contributed by atoms with E-state index in [4.69, 9.17) is 0 Å². The van der Waals surface area contributed by atoms with Crippen molar-refractivity contribution < 1.29 is 9.90 Å². The Labute approximate surface area is 139 Å². The molecule has 0 saturated heterocycles. The van der Waals surface area contributed by atoms with E-state index in [9.17, 15) is 9.90 Å². The number of thiophene rings is 1. The number of carbonyl (C=O) groups excluding carboxylic acids is 1.